The van der Waals surface area contributed by atoms with E-state index in [2.05, 4.69) is 62.5 Å². The highest BCUT2D eigenvalue weighted by Gasteiger charge is 2.16. The van der Waals surface area contributed by atoms with Crippen LogP contribution in [0.2, 0.25) is 0 Å². The number of aryl methyl sites for hydroxylation is 2. The summed E-state index contributed by atoms with van der Waals surface area (Å²) in [5.41, 5.74) is 3.28. The van der Waals surface area contributed by atoms with Gasteiger partial charge in [-0.15, -0.1) is 24.0 Å². The van der Waals surface area contributed by atoms with Crippen molar-refractivity contribution in [3.63, 3.8) is 0 Å². The van der Waals surface area contributed by atoms with Crippen molar-refractivity contribution in [1.82, 2.24) is 15.8 Å². The first-order valence-electron chi connectivity index (χ1n) is 10.5. The molecule has 0 bridgehead atoms. The van der Waals surface area contributed by atoms with E-state index in [4.69, 9.17) is 14.3 Å². The fourth-order valence-electron chi connectivity index (χ4n) is 3.24. The van der Waals surface area contributed by atoms with Gasteiger partial charge in [-0.25, -0.2) is 0 Å². The third kappa shape index (κ3) is 7.81. The molecule has 2 atom stereocenters. The molecular formula is C23H37IN4O2. The SMILES string of the molecule is CCNC(=NCC(C)c1c(C)noc1C)NC(C)c1ccc(OCC(C)C)cc1.I. The molecule has 1 aromatic carbocycles. The lowest BCUT2D eigenvalue weighted by atomic mass is 10.00. The Labute approximate surface area is 198 Å². The molecule has 0 aliphatic heterocycles. The lowest BCUT2D eigenvalue weighted by Gasteiger charge is -2.19. The Kier molecular flexibility index (Phi) is 11.2. The average Bonchev–Trinajstić information content (AvgIpc) is 3.03. The van der Waals surface area contributed by atoms with E-state index in [1.165, 1.54) is 5.56 Å². The first-order valence-corrected chi connectivity index (χ1v) is 10.5. The molecule has 2 rings (SSSR count). The monoisotopic (exact) mass is 528 g/mol. The number of aliphatic imine (C=N–C) groups is 1. The maximum Gasteiger partial charge on any atom is 0.191 e. The molecular weight excluding hydrogens is 491 g/mol. The predicted molar refractivity (Wildman–Crippen MR) is 134 cm³/mol. The molecule has 2 aromatic rings. The molecule has 0 saturated heterocycles. The zero-order valence-electron chi connectivity index (χ0n) is 19.3. The molecule has 7 heteroatoms. The number of nitrogens with one attached hydrogen (secondary N) is 2. The second-order valence-corrected chi connectivity index (χ2v) is 8.00. The number of benzene rings is 1. The normalized spacial score (nSPS) is 13.5. The van der Waals surface area contributed by atoms with Crippen molar-refractivity contribution >= 4 is 29.9 Å². The summed E-state index contributed by atoms with van der Waals surface area (Å²) in [6.07, 6.45) is 0. The van der Waals surface area contributed by atoms with Gasteiger partial charge in [0.15, 0.2) is 5.96 Å². The molecule has 1 aromatic heterocycles. The molecule has 2 unspecified atom stereocenters. The Morgan fingerprint density at radius 1 is 1.13 bits per heavy atom. The topological polar surface area (TPSA) is 71.7 Å². The number of halogens is 1. The lowest BCUT2D eigenvalue weighted by molar-refractivity contribution is 0.271. The van der Waals surface area contributed by atoms with Crippen LogP contribution >= 0.6 is 24.0 Å². The summed E-state index contributed by atoms with van der Waals surface area (Å²) in [6.45, 7) is 16.8. The van der Waals surface area contributed by atoms with Crippen molar-refractivity contribution in [2.24, 2.45) is 10.9 Å². The zero-order valence-corrected chi connectivity index (χ0v) is 21.6. The number of aromatic nitrogens is 1. The van der Waals surface area contributed by atoms with Gasteiger partial charge in [-0.3, -0.25) is 4.99 Å². The van der Waals surface area contributed by atoms with E-state index >= 15 is 0 Å². The van der Waals surface area contributed by atoms with Gasteiger partial charge in [0.25, 0.3) is 0 Å². The van der Waals surface area contributed by atoms with Gasteiger partial charge in [0, 0.05) is 24.6 Å². The molecule has 0 radical (unpaired) electrons. The minimum absolute atomic E-state index is 0. The molecule has 0 spiro atoms. The average molecular weight is 528 g/mol. The van der Waals surface area contributed by atoms with Gasteiger partial charge in [0.05, 0.1) is 18.3 Å². The van der Waals surface area contributed by atoms with Crippen molar-refractivity contribution in [2.45, 2.75) is 60.4 Å². The number of ether oxygens (including phenoxy) is 1. The fraction of sp³-hybridized carbons (Fsp3) is 0.565. The fourth-order valence-corrected chi connectivity index (χ4v) is 3.24. The Morgan fingerprint density at radius 2 is 1.80 bits per heavy atom. The van der Waals surface area contributed by atoms with Crippen LogP contribution in [0.15, 0.2) is 33.8 Å². The largest absolute Gasteiger partial charge is 0.493 e. The number of nitrogens with zero attached hydrogens (tertiary/aromatic N) is 2. The van der Waals surface area contributed by atoms with Crippen molar-refractivity contribution < 1.29 is 9.26 Å². The number of rotatable bonds is 9. The van der Waals surface area contributed by atoms with Crippen LogP contribution in [0.5, 0.6) is 5.75 Å². The molecule has 0 aliphatic carbocycles. The summed E-state index contributed by atoms with van der Waals surface area (Å²) >= 11 is 0. The minimum Gasteiger partial charge on any atom is -0.493 e. The van der Waals surface area contributed by atoms with Gasteiger partial charge in [0.1, 0.15) is 11.5 Å². The van der Waals surface area contributed by atoms with Gasteiger partial charge in [-0.05, 0) is 51.3 Å². The third-order valence-corrected chi connectivity index (χ3v) is 4.77. The molecule has 0 amide bonds. The van der Waals surface area contributed by atoms with Crippen LogP contribution in [-0.2, 0) is 0 Å². The summed E-state index contributed by atoms with van der Waals surface area (Å²) in [7, 11) is 0. The van der Waals surface area contributed by atoms with E-state index in [1.54, 1.807) is 0 Å². The van der Waals surface area contributed by atoms with E-state index < -0.39 is 0 Å². The maximum absolute atomic E-state index is 5.77. The number of guanidine groups is 1. The second kappa shape index (κ2) is 12.8. The van der Waals surface area contributed by atoms with Gasteiger partial charge < -0.3 is 19.9 Å². The first-order chi connectivity index (χ1) is 13.8. The smallest absolute Gasteiger partial charge is 0.191 e. The quantitative estimate of drug-likeness (QED) is 0.260. The van der Waals surface area contributed by atoms with Crippen LogP contribution in [-0.4, -0.2) is 30.8 Å². The van der Waals surface area contributed by atoms with Gasteiger partial charge in [-0.1, -0.05) is 38.1 Å². The van der Waals surface area contributed by atoms with E-state index in [0.29, 0.717) is 12.5 Å². The summed E-state index contributed by atoms with van der Waals surface area (Å²) < 4.78 is 11.1. The summed E-state index contributed by atoms with van der Waals surface area (Å²) in [6, 6.07) is 8.38. The molecule has 0 aliphatic rings. The van der Waals surface area contributed by atoms with Crippen LogP contribution in [0.25, 0.3) is 0 Å². The molecule has 0 saturated carbocycles. The van der Waals surface area contributed by atoms with Gasteiger partial charge >= 0.3 is 0 Å². The third-order valence-electron chi connectivity index (χ3n) is 4.77. The zero-order chi connectivity index (χ0) is 21.4. The van der Waals surface area contributed by atoms with Crippen molar-refractivity contribution in [1.29, 1.82) is 0 Å². The van der Waals surface area contributed by atoms with E-state index in [0.717, 1.165) is 41.9 Å². The molecule has 0 fully saturated rings. The van der Waals surface area contributed by atoms with E-state index in [9.17, 15) is 0 Å². The van der Waals surface area contributed by atoms with Crippen molar-refractivity contribution in [2.75, 3.05) is 19.7 Å². The maximum atomic E-state index is 5.77. The highest BCUT2D eigenvalue weighted by molar-refractivity contribution is 14.0. The van der Waals surface area contributed by atoms with Crippen LogP contribution in [0.1, 0.15) is 69.2 Å². The van der Waals surface area contributed by atoms with Crippen molar-refractivity contribution in [3.8, 4) is 5.75 Å². The summed E-state index contributed by atoms with van der Waals surface area (Å²) in [4.78, 5) is 4.78. The Morgan fingerprint density at radius 3 is 2.33 bits per heavy atom. The Balaban J connectivity index is 0.00000450. The Bertz CT molecular complexity index is 768. The Hall–Kier alpha value is -1.77. The van der Waals surface area contributed by atoms with Crippen LogP contribution in [0.4, 0.5) is 0 Å². The minimum atomic E-state index is 0. The van der Waals surface area contributed by atoms with Gasteiger partial charge in [-0.2, -0.15) is 0 Å². The molecule has 168 valence electrons. The summed E-state index contributed by atoms with van der Waals surface area (Å²) in [5, 5.41) is 10.9. The highest BCUT2D eigenvalue weighted by atomic mass is 127. The lowest BCUT2D eigenvalue weighted by Crippen LogP contribution is -2.39. The molecule has 30 heavy (non-hydrogen) atoms. The van der Waals surface area contributed by atoms with Crippen LogP contribution in [0.3, 0.4) is 0 Å². The number of hydrogen-bond donors (Lipinski definition) is 2. The standard InChI is InChI=1S/C23H36N4O2.HI/c1-8-24-23(25-13-16(4)22-18(6)27-29-19(22)7)26-17(5)20-9-11-21(12-10-20)28-14-15(2)3;/h9-12,15-17H,8,13-14H2,1-7H3,(H2,24,25,26);1H. The van der Waals surface area contributed by atoms with Crippen molar-refractivity contribution in [3.05, 3.63) is 46.8 Å². The van der Waals surface area contributed by atoms with Crippen LogP contribution in [0, 0.1) is 19.8 Å². The molecule has 6 nitrogen and oxygen atoms in total. The molecule has 1 heterocycles. The first kappa shape index (κ1) is 26.3. The summed E-state index contributed by atoms with van der Waals surface area (Å²) in [5.74, 6) is 3.34. The van der Waals surface area contributed by atoms with Gasteiger partial charge in [0.2, 0.25) is 0 Å². The number of hydrogen-bond acceptors (Lipinski definition) is 4. The molecule has 2 N–H and O–H groups in total. The van der Waals surface area contributed by atoms with Crippen LogP contribution < -0.4 is 15.4 Å². The second-order valence-electron chi connectivity index (χ2n) is 8.00. The van der Waals surface area contributed by atoms with E-state index in [1.807, 2.05) is 26.0 Å². The predicted octanol–water partition coefficient (Wildman–Crippen LogP) is 5.36. The van der Waals surface area contributed by atoms with E-state index in [-0.39, 0.29) is 35.9 Å². The highest BCUT2D eigenvalue weighted by Crippen LogP contribution is 2.23.